The lowest BCUT2D eigenvalue weighted by atomic mass is 9.84. The van der Waals surface area contributed by atoms with E-state index in [1.54, 1.807) is 20.8 Å². The van der Waals surface area contributed by atoms with Crippen LogP contribution in [0, 0.1) is 60.7 Å². The van der Waals surface area contributed by atoms with Crippen LogP contribution in [0.3, 0.4) is 0 Å². The maximum absolute atomic E-state index is 13.3. The van der Waals surface area contributed by atoms with Crippen molar-refractivity contribution in [2.45, 2.75) is 59.9 Å². The van der Waals surface area contributed by atoms with Gasteiger partial charge < -0.3 is 14.2 Å². The molecule has 0 heterocycles. The molecule has 0 radical (unpaired) electrons. The predicted molar refractivity (Wildman–Crippen MR) is 201 cm³/mol. The first-order valence-corrected chi connectivity index (χ1v) is 17.3. The molecule has 0 aromatic heterocycles. The van der Waals surface area contributed by atoms with Crippen molar-refractivity contribution in [1.29, 1.82) is 0 Å². The van der Waals surface area contributed by atoms with E-state index in [2.05, 4.69) is 0 Å². The van der Waals surface area contributed by atoms with E-state index >= 15 is 0 Å². The smallest absolute Gasteiger partial charge is 0.346 e. The minimum Gasteiger partial charge on any atom is -0.457 e. The molecule has 24 nitrogen and oxygen atoms in total. The van der Waals surface area contributed by atoms with Crippen LogP contribution in [-0.2, 0) is 53.3 Å². The van der Waals surface area contributed by atoms with Gasteiger partial charge in [-0.1, -0.05) is 20.8 Å². The number of rotatable bonds is 18. The number of hydrogen-bond donors (Lipinski definition) is 0. The molecule has 60 heavy (non-hydrogen) atoms. The van der Waals surface area contributed by atoms with Crippen molar-refractivity contribution in [3.8, 4) is 0 Å². The highest BCUT2D eigenvalue weighted by atomic mass is 16.7. The molecule has 4 aromatic carbocycles. The molecule has 0 N–H and O–H groups in total. The molecule has 0 amide bonds. The van der Waals surface area contributed by atoms with Crippen LogP contribution in [-0.4, -0.2) is 47.4 Å². The topological polar surface area (TPSA) is 338 Å². The molecule has 4 aromatic rings. The second kappa shape index (κ2) is 18.8. The van der Waals surface area contributed by atoms with Crippen molar-refractivity contribution in [3.05, 3.63) is 165 Å². The summed E-state index contributed by atoms with van der Waals surface area (Å²) in [4.78, 5) is 102. The van der Waals surface area contributed by atoms with E-state index in [0.29, 0.717) is 51.6 Å². The Labute approximate surface area is 335 Å². The van der Waals surface area contributed by atoms with E-state index in [-0.39, 0.29) is 19.3 Å². The van der Waals surface area contributed by atoms with E-state index in [1.807, 2.05) is 0 Å². The molecule has 0 atom stereocenters. The van der Waals surface area contributed by atoms with Gasteiger partial charge >= 0.3 is 52.0 Å². The molecule has 4 rings (SSSR count). The fourth-order valence-corrected chi connectivity index (χ4v) is 6.41. The third-order valence-electron chi connectivity index (χ3n) is 9.10. The Kier molecular flexibility index (Phi) is 13.9. The normalized spacial score (nSPS) is 10.7. The van der Waals surface area contributed by atoms with Crippen LogP contribution in [0.25, 0.3) is 0 Å². The zero-order valence-corrected chi connectivity index (χ0v) is 31.5. The van der Waals surface area contributed by atoms with Gasteiger partial charge in [0.1, 0.15) is 19.8 Å². The number of nitrogens with zero attached hydrogens (tertiary/aromatic N) is 6. The van der Waals surface area contributed by atoms with Gasteiger partial charge in [-0.25, -0.2) is 14.4 Å². The first-order chi connectivity index (χ1) is 28.4. The van der Waals surface area contributed by atoms with E-state index in [0.717, 1.165) is 36.4 Å². The molecule has 0 aliphatic heterocycles. The highest BCUT2D eigenvalue weighted by molar-refractivity contribution is 5.92. The number of benzene rings is 4. The highest BCUT2D eigenvalue weighted by Gasteiger charge is 2.31. The third-order valence-corrected chi connectivity index (χ3v) is 9.10. The Morgan fingerprint density at radius 2 is 0.600 bits per heavy atom. The first kappa shape index (κ1) is 44.4. The van der Waals surface area contributed by atoms with E-state index < -0.39 is 118 Å². The van der Waals surface area contributed by atoms with Crippen molar-refractivity contribution in [2.75, 3.05) is 0 Å². The number of esters is 3. The van der Waals surface area contributed by atoms with Gasteiger partial charge in [-0.05, 0) is 70.8 Å². The summed E-state index contributed by atoms with van der Waals surface area (Å²) in [6.07, 6.45) is 0.537. The largest absolute Gasteiger partial charge is 0.457 e. The molecule has 312 valence electrons. The minimum atomic E-state index is -1.13. The number of ether oxygens (including phenoxy) is 3. The maximum atomic E-state index is 13.3. The Morgan fingerprint density at radius 3 is 0.783 bits per heavy atom. The van der Waals surface area contributed by atoms with Gasteiger partial charge in [0.05, 0.1) is 46.2 Å². The van der Waals surface area contributed by atoms with Gasteiger partial charge in [0, 0.05) is 36.4 Å². The molecule has 0 fully saturated rings. The quantitative estimate of drug-likeness (QED) is 0.0426. The Balaban J connectivity index is 1.81. The number of carbonyl (C=O) groups is 3. The average molecular weight is 835 g/mol. The Bertz CT molecular complexity index is 2210. The molecular formula is C36H30N6O18. The van der Waals surface area contributed by atoms with Crippen molar-refractivity contribution in [1.82, 2.24) is 0 Å². The average Bonchev–Trinajstić information content (AvgIpc) is 3.22. The van der Waals surface area contributed by atoms with Crippen molar-refractivity contribution in [2.24, 2.45) is 0 Å². The number of hydrogen-bond acceptors (Lipinski definition) is 18. The fraction of sp³-hybridized carbons (Fsp3) is 0.250. The third kappa shape index (κ3) is 9.44. The fourth-order valence-electron chi connectivity index (χ4n) is 6.41. The number of nitro groups is 6. The molecule has 0 unspecified atom stereocenters. The van der Waals surface area contributed by atoms with Crippen LogP contribution in [0.2, 0.25) is 0 Å². The second-order valence-corrected chi connectivity index (χ2v) is 12.3. The Hall–Kier alpha value is -8.31. The van der Waals surface area contributed by atoms with Crippen molar-refractivity contribution < 1.29 is 58.1 Å². The summed E-state index contributed by atoms with van der Waals surface area (Å²) in [5.74, 6) is -3.38. The summed E-state index contributed by atoms with van der Waals surface area (Å²) in [6, 6.07) is 7.16. The Morgan fingerprint density at radius 1 is 0.383 bits per heavy atom. The van der Waals surface area contributed by atoms with Crippen molar-refractivity contribution in [3.63, 3.8) is 0 Å². The molecule has 0 bridgehead atoms. The van der Waals surface area contributed by atoms with E-state index in [4.69, 9.17) is 14.2 Å². The zero-order valence-electron chi connectivity index (χ0n) is 31.5. The molecule has 0 spiro atoms. The SMILES string of the molecule is CCc1c(COC(=O)c2ccc([N+](=O)[O-])c([N+](=O)[O-])c2)c(CC)c(COC(=O)c2ccc([N+](=O)[O-])c([N+](=O)[O-])c2)c(CC)c1COC(=O)c1ccc([N+](=O)[O-])c([N+](=O)[O-])c1. The van der Waals surface area contributed by atoms with E-state index in [9.17, 15) is 75.1 Å². The summed E-state index contributed by atoms with van der Waals surface area (Å²) in [5.41, 5.74) is -4.53. The van der Waals surface area contributed by atoms with Crippen LogP contribution in [0.5, 0.6) is 0 Å². The monoisotopic (exact) mass is 834 g/mol. The summed E-state index contributed by atoms with van der Waals surface area (Å²) in [6.45, 7) is 3.45. The second-order valence-electron chi connectivity index (χ2n) is 12.3. The van der Waals surface area contributed by atoms with Gasteiger partial charge in [-0.15, -0.1) is 0 Å². The standard InChI is InChI=1S/C36H30N6O18/c1-4-22-25(16-58-34(43)19-7-10-28(37(46)47)31(13-19)40(52)53)23(5-2)27(18-60-36(45)21-9-12-30(39(50)51)33(15-21)42(56)57)24(6-3)26(22)17-59-35(44)20-8-11-29(38(48)49)32(14-20)41(54)55/h7-15H,4-6,16-18H2,1-3H3. The van der Waals surface area contributed by atoms with Crippen LogP contribution in [0.4, 0.5) is 34.1 Å². The molecule has 0 saturated carbocycles. The van der Waals surface area contributed by atoms with Gasteiger partial charge in [-0.3, -0.25) is 60.7 Å². The number of nitro benzene ring substituents is 6. The molecule has 0 saturated heterocycles. The molecular weight excluding hydrogens is 804 g/mol. The lowest BCUT2D eigenvalue weighted by Gasteiger charge is -2.26. The lowest BCUT2D eigenvalue weighted by molar-refractivity contribution is -0.422. The van der Waals surface area contributed by atoms with Gasteiger partial charge in [0.2, 0.25) is 0 Å². The zero-order chi connectivity index (χ0) is 44.6. The molecule has 0 aliphatic rings. The maximum Gasteiger partial charge on any atom is 0.346 e. The van der Waals surface area contributed by atoms with Gasteiger partial charge in [0.15, 0.2) is 0 Å². The molecule has 0 aliphatic carbocycles. The van der Waals surface area contributed by atoms with Crippen LogP contribution in [0.1, 0.15) is 85.2 Å². The first-order valence-electron chi connectivity index (χ1n) is 17.3. The predicted octanol–water partition coefficient (Wildman–Crippen LogP) is 6.89. The lowest BCUT2D eigenvalue weighted by Crippen LogP contribution is -2.18. The van der Waals surface area contributed by atoms with Crippen LogP contribution in [0.15, 0.2) is 54.6 Å². The summed E-state index contributed by atoms with van der Waals surface area (Å²) < 4.78 is 16.7. The van der Waals surface area contributed by atoms with Gasteiger partial charge in [-0.2, -0.15) is 0 Å². The van der Waals surface area contributed by atoms with E-state index in [1.165, 1.54) is 0 Å². The van der Waals surface area contributed by atoms with Crippen molar-refractivity contribution >= 4 is 52.0 Å². The number of carbonyl (C=O) groups excluding carboxylic acids is 3. The minimum absolute atomic E-state index is 0.179. The highest BCUT2D eigenvalue weighted by Crippen LogP contribution is 2.35. The van der Waals surface area contributed by atoms with Crippen LogP contribution < -0.4 is 0 Å². The molecule has 24 heteroatoms. The van der Waals surface area contributed by atoms with Crippen LogP contribution >= 0.6 is 0 Å². The summed E-state index contributed by atoms with van der Waals surface area (Å²) in [5, 5.41) is 68.5. The summed E-state index contributed by atoms with van der Waals surface area (Å²) in [7, 11) is 0. The summed E-state index contributed by atoms with van der Waals surface area (Å²) >= 11 is 0. The van der Waals surface area contributed by atoms with Gasteiger partial charge in [0.25, 0.3) is 0 Å².